The SMILES string of the molecule is CCC(C)(C(C)=O)C(C)(C)N. The Morgan fingerprint density at radius 1 is 1.36 bits per heavy atom. The summed E-state index contributed by atoms with van der Waals surface area (Å²) in [5.74, 6) is 0.174. The maximum absolute atomic E-state index is 11.3. The predicted octanol–water partition coefficient (Wildman–Crippen LogP) is 1.73. The second-order valence-electron chi connectivity index (χ2n) is 3.96. The summed E-state index contributed by atoms with van der Waals surface area (Å²) in [4.78, 5) is 11.3. The number of carbonyl (C=O) groups excluding carboxylic acids is 1. The molecule has 2 nitrogen and oxygen atoms in total. The Balaban J connectivity index is 4.75. The first-order chi connectivity index (χ1) is 4.75. The second kappa shape index (κ2) is 2.94. The maximum atomic E-state index is 11.3. The Bertz CT molecular complexity index is 157. The normalized spacial score (nSPS) is 17.6. The standard InChI is InChI=1S/C9H19NO/c1-6-9(5,7(2)11)8(3,4)10/h6,10H2,1-5H3. The van der Waals surface area contributed by atoms with Crippen LogP contribution >= 0.6 is 0 Å². The van der Waals surface area contributed by atoms with Crippen LogP contribution < -0.4 is 5.73 Å². The molecule has 2 heteroatoms. The third kappa shape index (κ3) is 1.80. The topological polar surface area (TPSA) is 43.1 Å². The van der Waals surface area contributed by atoms with Gasteiger partial charge >= 0.3 is 0 Å². The number of hydrogen-bond donors (Lipinski definition) is 1. The van der Waals surface area contributed by atoms with Gasteiger partial charge in [-0.1, -0.05) is 13.8 Å². The van der Waals surface area contributed by atoms with Gasteiger partial charge < -0.3 is 5.73 Å². The molecule has 0 aromatic carbocycles. The minimum atomic E-state index is -0.423. The van der Waals surface area contributed by atoms with Gasteiger partial charge in [-0.05, 0) is 27.2 Å². The number of nitrogens with two attached hydrogens (primary N) is 1. The van der Waals surface area contributed by atoms with Crippen molar-refractivity contribution in [1.82, 2.24) is 0 Å². The van der Waals surface area contributed by atoms with Crippen LogP contribution in [0.5, 0.6) is 0 Å². The van der Waals surface area contributed by atoms with Crippen molar-refractivity contribution in [3.8, 4) is 0 Å². The first-order valence-corrected chi connectivity index (χ1v) is 4.05. The van der Waals surface area contributed by atoms with Crippen molar-refractivity contribution in [2.24, 2.45) is 11.1 Å². The van der Waals surface area contributed by atoms with E-state index < -0.39 is 5.54 Å². The molecule has 0 rings (SSSR count). The fourth-order valence-corrected chi connectivity index (χ4v) is 1.16. The van der Waals surface area contributed by atoms with Crippen molar-refractivity contribution in [1.29, 1.82) is 0 Å². The average molecular weight is 157 g/mol. The molecule has 1 unspecified atom stereocenters. The van der Waals surface area contributed by atoms with Crippen LogP contribution in [0.4, 0.5) is 0 Å². The van der Waals surface area contributed by atoms with Gasteiger partial charge in [-0.25, -0.2) is 0 Å². The van der Waals surface area contributed by atoms with Gasteiger partial charge in [0.2, 0.25) is 0 Å². The van der Waals surface area contributed by atoms with Crippen LogP contribution in [0.25, 0.3) is 0 Å². The van der Waals surface area contributed by atoms with Crippen molar-refractivity contribution >= 4 is 5.78 Å². The molecule has 0 aromatic heterocycles. The Morgan fingerprint density at radius 3 is 1.73 bits per heavy atom. The third-order valence-electron chi connectivity index (χ3n) is 2.91. The van der Waals surface area contributed by atoms with E-state index in [1.165, 1.54) is 0 Å². The van der Waals surface area contributed by atoms with E-state index in [0.29, 0.717) is 0 Å². The van der Waals surface area contributed by atoms with Gasteiger partial charge in [0.15, 0.2) is 0 Å². The van der Waals surface area contributed by atoms with E-state index in [2.05, 4.69) is 0 Å². The van der Waals surface area contributed by atoms with E-state index in [1.807, 2.05) is 27.7 Å². The van der Waals surface area contributed by atoms with E-state index in [-0.39, 0.29) is 11.2 Å². The molecular formula is C9H19NO. The number of ketones is 1. The van der Waals surface area contributed by atoms with E-state index in [0.717, 1.165) is 6.42 Å². The van der Waals surface area contributed by atoms with Gasteiger partial charge in [0.05, 0.1) is 0 Å². The summed E-state index contributed by atoms with van der Waals surface area (Å²) < 4.78 is 0. The molecule has 0 aliphatic rings. The smallest absolute Gasteiger partial charge is 0.137 e. The first kappa shape index (κ1) is 10.6. The first-order valence-electron chi connectivity index (χ1n) is 4.05. The second-order valence-corrected chi connectivity index (χ2v) is 3.96. The number of carbonyl (C=O) groups is 1. The van der Waals surface area contributed by atoms with Crippen molar-refractivity contribution in [3.05, 3.63) is 0 Å². The van der Waals surface area contributed by atoms with E-state index in [1.54, 1.807) is 6.92 Å². The lowest BCUT2D eigenvalue weighted by Gasteiger charge is -2.38. The van der Waals surface area contributed by atoms with E-state index >= 15 is 0 Å². The Labute approximate surface area is 69.2 Å². The zero-order valence-corrected chi connectivity index (χ0v) is 8.19. The van der Waals surface area contributed by atoms with E-state index in [9.17, 15) is 4.79 Å². The monoisotopic (exact) mass is 157 g/mol. The van der Waals surface area contributed by atoms with Crippen LogP contribution in [0.15, 0.2) is 0 Å². The Morgan fingerprint density at radius 2 is 1.73 bits per heavy atom. The van der Waals surface area contributed by atoms with Crippen molar-refractivity contribution in [2.75, 3.05) is 0 Å². The molecule has 0 heterocycles. The number of hydrogen-bond acceptors (Lipinski definition) is 2. The van der Waals surface area contributed by atoms with Gasteiger partial charge in [-0.3, -0.25) is 4.79 Å². The van der Waals surface area contributed by atoms with Crippen LogP contribution in [0.2, 0.25) is 0 Å². The Kier molecular flexibility index (Phi) is 2.84. The lowest BCUT2D eigenvalue weighted by atomic mass is 9.69. The molecule has 0 aliphatic heterocycles. The molecular weight excluding hydrogens is 138 g/mol. The molecule has 0 spiro atoms. The molecule has 0 amide bonds. The molecule has 0 saturated carbocycles. The highest BCUT2D eigenvalue weighted by Gasteiger charge is 2.40. The molecule has 11 heavy (non-hydrogen) atoms. The zero-order valence-electron chi connectivity index (χ0n) is 8.19. The lowest BCUT2D eigenvalue weighted by Crippen LogP contribution is -2.52. The molecule has 0 fully saturated rings. The summed E-state index contributed by atoms with van der Waals surface area (Å²) in [5.41, 5.74) is 5.10. The summed E-state index contributed by atoms with van der Waals surface area (Å²) in [6, 6.07) is 0. The summed E-state index contributed by atoms with van der Waals surface area (Å²) >= 11 is 0. The largest absolute Gasteiger partial charge is 0.325 e. The number of Topliss-reactive ketones (excluding diaryl/α,β-unsaturated/α-hetero) is 1. The maximum Gasteiger partial charge on any atom is 0.137 e. The minimum absolute atomic E-state index is 0.174. The van der Waals surface area contributed by atoms with Gasteiger partial charge in [0.25, 0.3) is 0 Å². The molecule has 0 radical (unpaired) electrons. The van der Waals surface area contributed by atoms with Crippen molar-refractivity contribution < 1.29 is 4.79 Å². The van der Waals surface area contributed by atoms with E-state index in [4.69, 9.17) is 5.73 Å². The zero-order chi connectivity index (χ0) is 9.28. The number of rotatable bonds is 3. The van der Waals surface area contributed by atoms with Crippen LogP contribution in [0.1, 0.15) is 41.0 Å². The summed E-state index contributed by atoms with van der Waals surface area (Å²) in [5, 5.41) is 0. The summed E-state index contributed by atoms with van der Waals surface area (Å²) in [6.07, 6.45) is 0.797. The van der Waals surface area contributed by atoms with Crippen LogP contribution in [-0.4, -0.2) is 11.3 Å². The molecule has 0 bridgehead atoms. The quantitative estimate of drug-likeness (QED) is 0.678. The van der Waals surface area contributed by atoms with Crippen LogP contribution in [0.3, 0.4) is 0 Å². The van der Waals surface area contributed by atoms with Crippen molar-refractivity contribution in [3.63, 3.8) is 0 Å². The summed E-state index contributed by atoms with van der Waals surface area (Å²) in [7, 11) is 0. The average Bonchev–Trinajstić information content (AvgIpc) is 1.83. The molecule has 0 aliphatic carbocycles. The highest BCUT2D eigenvalue weighted by Crippen LogP contribution is 2.33. The third-order valence-corrected chi connectivity index (χ3v) is 2.91. The lowest BCUT2D eigenvalue weighted by molar-refractivity contribution is -0.128. The molecule has 66 valence electrons. The minimum Gasteiger partial charge on any atom is -0.325 e. The molecule has 0 aromatic rings. The highest BCUT2D eigenvalue weighted by atomic mass is 16.1. The van der Waals surface area contributed by atoms with Gasteiger partial charge in [0.1, 0.15) is 5.78 Å². The highest BCUT2D eigenvalue weighted by molar-refractivity contribution is 5.83. The van der Waals surface area contributed by atoms with Gasteiger partial charge in [-0.2, -0.15) is 0 Å². The molecule has 2 N–H and O–H groups in total. The van der Waals surface area contributed by atoms with Crippen molar-refractivity contribution in [2.45, 2.75) is 46.6 Å². The fraction of sp³-hybridized carbons (Fsp3) is 0.889. The van der Waals surface area contributed by atoms with Crippen LogP contribution in [0, 0.1) is 5.41 Å². The van der Waals surface area contributed by atoms with Gasteiger partial charge in [-0.15, -0.1) is 0 Å². The molecule has 0 saturated heterocycles. The fourth-order valence-electron chi connectivity index (χ4n) is 1.16. The van der Waals surface area contributed by atoms with Crippen LogP contribution in [-0.2, 0) is 4.79 Å². The molecule has 1 atom stereocenters. The van der Waals surface area contributed by atoms with Gasteiger partial charge in [0, 0.05) is 11.0 Å². The summed E-state index contributed by atoms with van der Waals surface area (Å²) in [6.45, 7) is 9.33. The predicted molar refractivity (Wildman–Crippen MR) is 47.3 cm³/mol. The Hall–Kier alpha value is -0.370.